The first-order valence-corrected chi connectivity index (χ1v) is 8.43. The van der Waals surface area contributed by atoms with Crippen LogP contribution in [0.1, 0.15) is 30.8 Å². The van der Waals surface area contributed by atoms with Crippen LogP contribution in [0, 0.1) is 18.3 Å². The highest BCUT2D eigenvalue weighted by atomic mass is 16.5. The SMILES string of the molecule is COc1cc(/C=C(\C#N)c2nc3ccc(C)cc3[nH]2)ccc1OC(C)C. The minimum Gasteiger partial charge on any atom is -0.493 e. The summed E-state index contributed by atoms with van der Waals surface area (Å²) in [7, 11) is 1.60. The van der Waals surface area contributed by atoms with Gasteiger partial charge in [-0.15, -0.1) is 0 Å². The number of rotatable bonds is 5. The molecule has 0 amide bonds. The maximum atomic E-state index is 9.59. The number of methoxy groups -OCH3 is 1. The molecular formula is C21H21N3O2. The zero-order chi connectivity index (χ0) is 18.7. The highest BCUT2D eigenvalue weighted by Gasteiger charge is 2.10. The Morgan fingerprint density at radius 3 is 2.69 bits per heavy atom. The first-order valence-electron chi connectivity index (χ1n) is 8.43. The molecule has 1 aromatic heterocycles. The number of ether oxygens (including phenoxy) is 2. The van der Waals surface area contributed by atoms with Crippen LogP contribution in [-0.2, 0) is 0 Å². The number of allylic oxidation sites excluding steroid dienone is 1. The Bertz CT molecular complexity index is 1010. The molecule has 0 aliphatic carbocycles. The Labute approximate surface area is 152 Å². The average molecular weight is 347 g/mol. The van der Waals surface area contributed by atoms with Crippen molar-refractivity contribution in [1.29, 1.82) is 5.26 Å². The van der Waals surface area contributed by atoms with Gasteiger partial charge in [-0.2, -0.15) is 5.26 Å². The van der Waals surface area contributed by atoms with Gasteiger partial charge >= 0.3 is 0 Å². The van der Waals surface area contributed by atoms with Gasteiger partial charge in [-0.3, -0.25) is 0 Å². The molecule has 5 heteroatoms. The van der Waals surface area contributed by atoms with E-state index in [-0.39, 0.29) is 6.10 Å². The summed E-state index contributed by atoms with van der Waals surface area (Å²) in [5.41, 5.74) is 4.19. The molecule has 0 fully saturated rings. The van der Waals surface area contributed by atoms with E-state index in [0.717, 1.165) is 22.2 Å². The van der Waals surface area contributed by atoms with Crippen molar-refractivity contribution in [1.82, 2.24) is 9.97 Å². The first kappa shape index (κ1) is 17.6. The van der Waals surface area contributed by atoms with E-state index in [1.54, 1.807) is 13.2 Å². The van der Waals surface area contributed by atoms with Crippen molar-refractivity contribution in [2.75, 3.05) is 7.11 Å². The summed E-state index contributed by atoms with van der Waals surface area (Å²) < 4.78 is 11.1. The molecule has 132 valence electrons. The van der Waals surface area contributed by atoms with Gasteiger partial charge in [0.2, 0.25) is 0 Å². The number of fused-ring (bicyclic) bond motifs is 1. The maximum absolute atomic E-state index is 9.59. The van der Waals surface area contributed by atoms with Crippen LogP contribution < -0.4 is 9.47 Å². The lowest BCUT2D eigenvalue weighted by Gasteiger charge is -2.13. The molecule has 0 aliphatic heterocycles. The fraction of sp³-hybridized carbons (Fsp3) is 0.238. The van der Waals surface area contributed by atoms with Gasteiger partial charge in [-0.05, 0) is 62.2 Å². The predicted molar refractivity (Wildman–Crippen MR) is 103 cm³/mol. The second-order valence-electron chi connectivity index (χ2n) is 6.35. The van der Waals surface area contributed by atoms with E-state index in [9.17, 15) is 5.26 Å². The van der Waals surface area contributed by atoms with Crippen molar-refractivity contribution in [2.45, 2.75) is 26.9 Å². The van der Waals surface area contributed by atoms with E-state index in [1.165, 1.54) is 0 Å². The number of aromatic amines is 1. The van der Waals surface area contributed by atoms with Crippen molar-refractivity contribution in [3.05, 3.63) is 53.3 Å². The highest BCUT2D eigenvalue weighted by molar-refractivity contribution is 5.90. The summed E-state index contributed by atoms with van der Waals surface area (Å²) in [6.07, 6.45) is 1.84. The lowest BCUT2D eigenvalue weighted by atomic mass is 10.1. The molecule has 5 nitrogen and oxygen atoms in total. The molecule has 0 atom stereocenters. The lowest BCUT2D eigenvalue weighted by Crippen LogP contribution is -2.06. The minimum absolute atomic E-state index is 0.0546. The van der Waals surface area contributed by atoms with Crippen LogP contribution in [0.15, 0.2) is 36.4 Å². The maximum Gasteiger partial charge on any atom is 0.161 e. The number of H-pyrrole nitrogens is 1. The molecule has 0 saturated heterocycles. The Morgan fingerprint density at radius 1 is 1.19 bits per heavy atom. The Kier molecular flexibility index (Phi) is 4.94. The van der Waals surface area contributed by atoms with E-state index < -0.39 is 0 Å². The topological polar surface area (TPSA) is 70.9 Å². The van der Waals surface area contributed by atoms with Gasteiger partial charge in [-0.1, -0.05) is 12.1 Å². The van der Waals surface area contributed by atoms with Crippen molar-refractivity contribution < 1.29 is 9.47 Å². The summed E-state index contributed by atoms with van der Waals surface area (Å²) in [5.74, 6) is 1.86. The standard InChI is InChI=1S/C21H21N3O2/c1-13(2)26-19-8-6-15(11-20(19)25-4)10-16(12-22)21-23-17-7-5-14(3)9-18(17)24-21/h5-11,13H,1-4H3,(H,23,24)/b16-10+. The molecular weight excluding hydrogens is 326 g/mol. The molecule has 0 radical (unpaired) electrons. The van der Waals surface area contributed by atoms with Crippen molar-refractivity contribution >= 4 is 22.7 Å². The Balaban J connectivity index is 1.99. The van der Waals surface area contributed by atoms with Crippen molar-refractivity contribution in [3.63, 3.8) is 0 Å². The van der Waals surface area contributed by atoms with E-state index in [1.807, 2.05) is 57.2 Å². The zero-order valence-corrected chi connectivity index (χ0v) is 15.3. The molecule has 1 N–H and O–H groups in total. The highest BCUT2D eigenvalue weighted by Crippen LogP contribution is 2.30. The van der Waals surface area contributed by atoms with E-state index in [2.05, 4.69) is 16.0 Å². The fourth-order valence-electron chi connectivity index (χ4n) is 2.70. The number of aryl methyl sites for hydroxylation is 1. The van der Waals surface area contributed by atoms with Crippen LogP contribution in [0.5, 0.6) is 11.5 Å². The molecule has 0 aliphatic rings. The number of nitriles is 1. The molecule has 3 aromatic rings. The van der Waals surface area contributed by atoms with E-state index in [0.29, 0.717) is 22.9 Å². The van der Waals surface area contributed by atoms with Crippen LogP contribution in [0.25, 0.3) is 22.7 Å². The quantitative estimate of drug-likeness (QED) is 0.677. The second kappa shape index (κ2) is 7.32. The summed E-state index contributed by atoms with van der Waals surface area (Å²) in [4.78, 5) is 7.73. The smallest absolute Gasteiger partial charge is 0.161 e. The van der Waals surface area contributed by atoms with Gasteiger partial charge in [0.15, 0.2) is 11.5 Å². The second-order valence-corrected chi connectivity index (χ2v) is 6.35. The zero-order valence-electron chi connectivity index (χ0n) is 15.3. The third kappa shape index (κ3) is 3.70. The van der Waals surface area contributed by atoms with Gasteiger partial charge in [-0.25, -0.2) is 4.98 Å². The number of nitrogens with zero attached hydrogens (tertiary/aromatic N) is 2. The number of hydrogen-bond donors (Lipinski definition) is 1. The summed E-state index contributed by atoms with van der Waals surface area (Å²) in [6, 6.07) is 13.8. The fourth-order valence-corrected chi connectivity index (χ4v) is 2.70. The summed E-state index contributed by atoms with van der Waals surface area (Å²) >= 11 is 0. The van der Waals surface area contributed by atoms with Crippen LogP contribution in [-0.4, -0.2) is 23.2 Å². The minimum atomic E-state index is 0.0546. The van der Waals surface area contributed by atoms with Gasteiger partial charge in [0.05, 0.1) is 29.8 Å². The molecule has 26 heavy (non-hydrogen) atoms. The summed E-state index contributed by atoms with van der Waals surface area (Å²) in [5, 5.41) is 9.59. The normalized spacial score (nSPS) is 11.6. The number of benzene rings is 2. The molecule has 3 rings (SSSR count). The molecule has 0 spiro atoms. The molecule has 0 unspecified atom stereocenters. The molecule has 0 bridgehead atoms. The Hall–Kier alpha value is -3.26. The summed E-state index contributed by atoms with van der Waals surface area (Å²) in [6.45, 7) is 5.95. The molecule has 2 aromatic carbocycles. The number of imidazole rings is 1. The van der Waals surface area contributed by atoms with Gasteiger partial charge < -0.3 is 14.5 Å². The van der Waals surface area contributed by atoms with Crippen LogP contribution in [0.3, 0.4) is 0 Å². The van der Waals surface area contributed by atoms with E-state index >= 15 is 0 Å². The molecule has 1 heterocycles. The van der Waals surface area contributed by atoms with Gasteiger partial charge in [0, 0.05) is 0 Å². The van der Waals surface area contributed by atoms with Gasteiger partial charge in [0.25, 0.3) is 0 Å². The largest absolute Gasteiger partial charge is 0.493 e. The van der Waals surface area contributed by atoms with Crippen molar-refractivity contribution in [2.24, 2.45) is 0 Å². The monoisotopic (exact) mass is 347 g/mol. The average Bonchev–Trinajstić information content (AvgIpc) is 3.03. The third-order valence-corrected chi connectivity index (χ3v) is 3.87. The first-order chi connectivity index (χ1) is 12.5. The van der Waals surface area contributed by atoms with Crippen LogP contribution in [0.4, 0.5) is 0 Å². The number of hydrogen-bond acceptors (Lipinski definition) is 4. The lowest BCUT2D eigenvalue weighted by molar-refractivity contribution is 0.230. The third-order valence-electron chi connectivity index (χ3n) is 3.87. The van der Waals surface area contributed by atoms with Crippen LogP contribution >= 0.6 is 0 Å². The molecule has 0 saturated carbocycles. The van der Waals surface area contributed by atoms with Crippen molar-refractivity contribution in [3.8, 4) is 17.6 Å². The van der Waals surface area contributed by atoms with Gasteiger partial charge in [0.1, 0.15) is 11.9 Å². The number of nitrogens with one attached hydrogen (secondary N) is 1. The van der Waals surface area contributed by atoms with E-state index in [4.69, 9.17) is 9.47 Å². The number of aromatic nitrogens is 2. The predicted octanol–water partition coefficient (Wildman–Crippen LogP) is 4.73. The van der Waals surface area contributed by atoms with Crippen LogP contribution in [0.2, 0.25) is 0 Å². The Morgan fingerprint density at radius 2 is 2.00 bits per heavy atom.